The van der Waals surface area contributed by atoms with Gasteiger partial charge in [-0.15, -0.1) is 11.3 Å². The van der Waals surface area contributed by atoms with Crippen LogP contribution in [0.2, 0.25) is 0 Å². The van der Waals surface area contributed by atoms with E-state index in [0.29, 0.717) is 0 Å². The summed E-state index contributed by atoms with van der Waals surface area (Å²) in [7, 11) is 1.97. The minimum atomic E-state index is 0.938. The molecule has 0 aromatic carbocycles. The Morgan fingerprint density at radius 3 is 3.00 bits per heavy atom. The molecule has 0 aliphatic rings. The zero-order chi connectivity index (χ0) is 12.4. The normalized spacial score (nSPS) is 11.2. The fourth-order valence-corrected chi connectivity index (χ4v) is 2.83. The van der Waals surface area contributed by atoms with Gasteiger partial charge in [-0.3, -0.25) is 0 Å². The number of pyridine rings is 1. The third-order valence-corrected chi connectivity index (χ3v) is 3.85. The lowest BCUT2D eigenvalue weighted by Gasteiger charge is -1.99. The minimum absolute atomic E-state index is 0.938. The second-order valence-electron chi connectivity index (χ2n) is 4.16. The lowest BCUT2D eigenvalue weighted by atomic mass is 10.3. The molecule has 3 rings (SSSR count). The van der Waals surface area contributed by atoms with Gasteiger partial charge in [0.1, 0.15) is 11.5 Å². The highest BCUT2D eigenvalue weighted by Crippen LogP contribution is 2.28. The van der Waals surface area contributed by atoms with Gasteiger partial charge in [-0.25, -0.2) is 4.98 Å². The first-order chi connectivity index (χ1) is 8.90. The minimum Gasteiger partial charge on any atom is -0.319 e. The van der Waals surface area contributed by atoms with E-state index in [0.717, 1.165) is 24.5 Å². The number of thiophene rings is 1. The van der Waals surface area contributed by atoms with E-state index in [-0.39, 0.29) is 0 Å². The van der Waals surface area contributed by atoms with Crippen LogP contribution in [-0.2, 0) is 6.42 Å². The van der Waals surface area contributed by atoms with Crippen molar-refractivity contribution in [3.8, 4) is 10.6 Å². The highest BCUT2D eigenvalue weighted by atomic mass is 32.1. The SMILES string of the molecule is CNCCc1nc(-c2cccs2)c2ccccn12. The second kappa shape index (κ2) is 4.92. The summed E-state index contributed by atoms with van der Waals surface area (Å²) in [6.45, 7) is 0.942. The monoisotopic (exact) mass is 257 g/mol. The van der Waals surface area contributed by atoms with E-state index in [1.54, 1.807) is 11.3 Å². The summed E-state index contributed by atoms with van der Waals surface area (Å²) in [6.07, 6.45) is 3.03. The summed E-state index contributed by atoms with van der Waals surface area (Å²) >= 11 is 1.74. The van der Waals surface area contributed by atoms with Gasteiger partial charge in [-0.2, -0.15) is 0 Å². The van der Waals surface area contributed by atoms with Gasteiger partial charge >= 0.3 is 0 Å². The molecule has 1 N–H and O–H groups in total. The smallest absolute Gasteiger partial charge is 0.115 e. The first kappa shape index (κ1) is 11.4. The van der Waals surface area contributed by atoms with Gasteiger partial charge in [0, 0.05) is 19.2 Å². The van der Waals surface area contributed by atoms with Crippen molar-refractivity contribution in [2.75, 3.05) is 13.6 Å². The second-order valence-corrected chi connectivity index (χ2v) is 5.11. The summed E-state index contributed by atoms with van der Waals surface area (Å²) in [4.78, 5) is 6.03. The quantitative estimate of drug-likeness (QED) is 0.778. The van der Waals surface area contributed by atoms with Crippen molar-refractivity contribution in [1.29, 1.82) is 0 Å². The number of likely N-dealkylation sites (N-methyl/N-ethyl adjacent to an activating group) is 1. The van der Waals surface area contributed by atoms with Crippen LogP contribution in [0, 0.1) is 0 Å². The molecule has 0 spiro atoms. The molecule has 3 aromatic heterocycles. The molecule has 3 nitrogen and oxygen atoms in total. The molecule has 3 aromatic rings. The maximum atomic E-state index is 4.80. The Bertz CT molecular complexity index is 640. The van der Waals surface area contributed by atoms with E-state index in [9.17, 15) is 0 Å². The zero-order valence-corrected chi connectivity index (χ0v) is 11.1. The van der Waals surface area contributed by atoms with Crippen LogP contribution in [0.25, 0.3) is 16.1 Å². The Hall–Kier alpha value is -1.65. The molecule has 0 unspecified atom stereocenters. The summed E-state index contributed by atoms with van der Waals surface area (Å²) < 4.78 is 2.19. The van der Waals surface area contributed by atoms with Crippen LogP contribution < -0.4 is 5.32 Å². The third kappa shape index (κ3) is 1.94. The standard InChI is InChI=1S/C14H15N3S/c1-15-8-7-13-16-14(12-6-4-10-18-12)11-5-2-3-9-17(11)13/h2-6,9-10,15H,7-8H2,1H3. The Kier molecular flexibility index (Phi) is 3.13. The molecule has 0 amide bonds. The number of hydrogen-bond acceptors (Lipinski definition) is 3. The highest BCUT2D eigenvalue weighted by molar-refractivity contribution is 7.13. The van der Waals surface area contributed by atoms with Gasteiger partial charge in [0.15, 0.2) is 0 Å². The Balaban J connectivity index is 2.14. The number of aromatic nitrogens is 2. The van der Waals surface area contributed by atoms with Crippen LogP contribution in [0.1, 0.15) is 5.82 Å². The van der Waals surface area contributed by atoms with Gasteiger partial charge in [-0.05, 0) is 30.6 Å². The predicted octanol–water partition coefficient (Wildman–Crippen LogP) is 2.82. The zero-order valence-electron chi connectivity index (χ0n) is 10.3. The molecule has 0 saturated heterocycles. The maximum Gasteiger partial charge on any atom is 0.115 e. The van der Waals surface area contributed by atoms with E-state index < -0.39 is 0 Å². The van der Waals surface area contributed by atoms with Gasteiger partial charge in [-0.1, -0.05) is 12.1 Å². The molecular formula is C14H15N3S. The average molecular weight is 257 g/mol. The molecular weight excluding hydrogens is 242 g/mol. The molecule has 0 aliphatic carbocycles. The van der Waals surface area contributed by atoms with Crippen molar-refractivity contribution >= 4 is 16.9 Å². The van der Waals surface area contributed by atoms with Crippen molar-refractivity contribution in [2.24, 2.45) is 0 Å². The summed E-state index contributed by atoms with van der Waals surface area (Å²) in [5.74, 6) is 1.11. The number of nitrogens with zero attached hydrogens (tertiary/aromatic N) is 2. The fourth-order valence-electron chi connectivity index (χ4n) is 2.11. The molecule has 0 atom stereocenters. The molecule has 0 fully saturated rings. The molecule has 0 radical (unpaired) electrons. The number of hydrogen-bond donors (Lipinski definition) is 1. The van der Waals surface area contributed by atoms with Crippen LogP contribution in [0.4, 0.5) is 0 Å². The molecule has 18 heavy (non-hydrogen) atoms. The summed E-state index contributed by atoms with van der Waals surface area (Å²) in [5, 5.41) is 5.27. The van der Waals surface area contributed by atoms with Crippen LogP contribution in [0.3, 0.4) is 0 Å². The Morgan fingerprint density at radius 1 is 1.28 bits per heavy atom. The predicted molar refractivity (Wildman–Crippen MR) is 76.1 cm³/mol. The molecule has 92 valence electrons. The number of nitrogens with one attached hydrogen (secondary N) is 1. The van der Waals surface area contributed by atoms with Crippen LogP contribution >= 0.6 is 11.3 Å². The van der Waals surface area contributed by atoms with Gasteiger partial charge < -0.3 is 9.72 Å². The number of imidazole rings is 1. The van der Waals surface area contributed by atoms with Crippen LogP contribution in [-0.4, -0.2) is 23.0 Å². The summed E-state index contributed by atoms with van der Waals surface area (Å²) in [6, 6.07) is 10.4. The first-order valence-electron chi connectivity index (χ1n) is 6.04. The first-order valence-corrected chi connectivity index (χ1v) is 6.92. The maximum absolute atomic E-state index is 4.80. The van der Waals surface area contributed by atoms with Gasteiger partial charge in [0.25, 0.3) is 0 Å². The Morgan fingerprint density at radius 2 is 2.22 bits per heavy atom. The lowest BCUT2D eigenvalue weighted by Crippen LogP contribution is -2.12. The third-order valence-electron chi connectivity index (χ3n) is 2.97. The van der Waals surface area contributed by atoms with Crippen molar-refractivity contribution in [2.45, 2.75) is 6.42 Å². The van der Waals surface area contributed by atoms with E-state index in [1.807, 2.05) is 7.05 Å². The van der Waals surface area contributed by atoms with Crippen molar-refractivity contribution < 1.29 is 0 Å². The van der Waals surface area contributed by atoms with E-state index >= 15 is 0 Å². The fraction of sp³-hybridized carbons (Fsp3) is 0.214. The van der Waals surface area contributed by atoms with Gasteiger partial charge in [0.05, 0.1) is 10.4 Å². The summed E-state index contributed by atoms with van der Waals surface area (Å²) in [5.41, 5.74) is 2.28. The topological polar surface area (TPSA) is 29.3 Å². The van der Waals surface area contributed by atoms with Crippen LogP contribution in [0.15, 0.2) is 41.9 Å². The molecule has 0 saturated carbocycles. The van der Waals surface area contributed by atoms with Crippen molar-refractivity contribution in [1.82, 2.24) is 14.7 Å². The van der Waals surface area contributed by atoms with E-state index in [2.05, 4.69) is 51.6 Å². The highest BCUT2D eigenvalue weighted by Gasteiger charge is 2.12. The van der Waals surface area contributed by atoms with Crippen molar-refractivity contribution in [3.05, 3.63) is 47.7 Å². The molecule has 4 heteroatoms. The van der Waals surface area contributed by atoms with Crippen LogP contribution in [0.5, 0.6) is 0 Å². The molecule has 0 bridgehead atoms. The molecule has 0 aliphatic heterocycles. The number of rotatable bonds is 4. The van der Waals surface area contributed by atoms with E-state index in [4.69, 9.17) is 4.98 Å². The van der Waals surface area contributed by atoms with Crippen molar-refractivity contribution in [3.63, 3.8) is 0 Å². The van der Waals surface area contributed by atoms with Gasteiger partial charge in [0.2, 0.25) is 0 Å². The Labute approximate surface area is 110 Å². The van der Waals surface area contributed by atoms with E-state index in [1.165, 1.54) is 10.4 Å². The average Bonchev–Trinajstić information content (AvgIpc) is 3.04. The number of fused-ring (bicyclic) bond motifs is 1. The molecule has 3 heterocycles. The lowest BCUT2D eigenvalue weighted by molar-refractivity contribution is 0.753. The largest absolute Gasteiger partial charge is 0.319 e.